The van der Waals surface area contributed by atoms with E-state index in [9.17, 15) is 19.2 Å². The molecule has 1 aliphatic heterocycles. The van der Waals surface area contributed by atoms with Crippen molar-refractivity contribution in [2.24, 2.45) is 0 Å². The van der Waals surface area contributed by atoms with E-state index in [0.29, 0.717) is 16.9 Å². The zero-order chi connectivity index (χ0) is 28.3. The topological polar surface area (TPSA) is 114 Å². The highest BCUT2D eigenvalue weighted by Crippen LogP contribution is 2.37. The Balaban J connectivity index is 1.57. The SMILES string of the molecule is COc1cc(/C=C2\C(=O)NC(=O)N(c3cc(C)cc(C)c3)C2=O)cc(Cl)c1OCC(=O)Nc1ccc(C)cc1. The highest BCUT2D eigenvalue weighted by Gasteiger charge is 2.37. The van der Waals surface area contributed by atoms with Crippen LogP contribution in [-0.4, -0.2) is 37.5 Å². The standard InChI is InChI=1S/C29H26ClN3O6/c1-16-5-7-20(8-6-16)31-25(34)15-39-26-23(30)13-19(14-24(26)38-4)12-22-27(35)32-29(37)33(28(22)36)21-10-17(2)9-18(3)11-21/h5-14H,15H2,1-4H3,(H,31,34)(H,32,35,37)/b22-12+. The van der Waals surface area contributed by atoms with Gasteiger partial charge < -0.3 is 14.8 Å². The van der Waals surface area contributed by atoms with E-state index in [0.717, 1.165) is 21.6 Å². The van der Waals surface area contributed by atoms with Gasteiger partial charge >= 0.3 is 6.03 Å². The summed E-state index contributed by atoms with van der Waals surface area (Å²) < 4.78 is 11.0. The quantitative estimate of drug-likeness (QED) is 0.319. The summed E-state index contributed by atoms with van der Waals surface area (Å²) in [6.07, 6.45) is 1.31. The Kier molecular flexibility index (Phi) is 8.01. The minimum atomic E-state index is -0.839. The average molecular weight is 548 g/mol. The number of hydrogen-bond donors (Lipinski definition) is 2. The summed E-state index contributed by atoms with van der Waals surface area (Å²) in [4.78, 5) is 51.7. The number of imide groups is 2. The van der Waals surface area contributed by atoms with Crippen LogP contribution < -0.4 is 25.0 Å². The van der Waals surface area contributed by atoms with E-state index in [1.165, 1.54) is 25.3 Å². The Morgan fingerprint density at radius 2 is 1.64 bits per heavy atom. The smallest absolute Gasteiger partial charge is 0.335 e. The van der Waals surface area contributed by atoms with Gasteiger partial charge in [-0.3, -0.25) is 19.7 Å². The van der Waals surface area contributed by atoms with E-state index in [1.807, 2.05) is 39.0 Å². The summed E-state index contributed by atoms with van der Waals surface area (Å²) in [6.45, 7) is 5.29. The normalized spacial score (nSPS) is 14.3. The van der Waals surface area contributed by atoms with Crippen LogP contribution in [0.25, 0.3) is 6.08 Å². The van der Waals surface area contributed by atoms with Gasteiger partial charge in [0.2, 0.25) is 0 Å². The Labute approximate surface area is 230 Å². The lowest BCUT2D eigenvalue weighted by Crippen LogP contribution is -2.54. The van der Waals surface area contributed by atoms with Crippen LogP contribution in [0.3, 0.4) is 0 Å². The molecule has 39 heavy (non-hydrogen) atoms. The zero-order valence-corrected chi connectivity index (χ0v) is 22.5. The number of urea groups is 1. The van der Waals surface area contributed by atoms with Gasteiger partial charge in [-0.05, 0) is 79.9 Å². The Bertz CT molecular complexity index is 1490. The molecule has 1 heterocycles. The second-order valence-electron chi connectivity index (χ2n) is 9.04. The molecule has 1 aliphatic rings. The van der Waals surface area contributed by atoms with Crippen LogP contribution in [0.5, 0.6) is 11.5 Å². The molecule has 2 N–H and O–H groups in total. The minimum Gasteiger partial charge on any atom is -0.493 e. The van der Waals surface area contributed by atoms with Crippen molar-refractivity contribution in [2.75, 3.05) is 23.9 Å². The fourth-order valence-electron chi connectivity index (χ4n) is 4.07. The number of halogens is 1. The van der Waals surface area contributed by atoms with Crippen LogP contribution in [0.4, 0.5) is 16.2 Å². The van der Waals surface area contributed by atoms with Crippen molar-refractivity contribution in [2.45, 2.75) is 20.8 Å². The first-order valence-corrected chi connectivity index (χ1v) is 12.3. The van der Waals surface area contributed by atoms with E-state index >= 15 is 0 Å². The van der Waals surface area contributed by atoms with Crippen molar-refractivity contribution >= 4 is 52.8 Å². The number of ether oxygens (including phenoxy) is 2. The molecule has 0 atom stereocenters. The van der Waals surface area contributed by atoms with Gasteiger partial charge in [-0.2, -0.15) is 0 Å². The van der Waals surface area contributed by atoms with Gasteiger partial charge in [0.25, 0.3) is 17.7 Å². The first kappa shape index (κ1) is 27.4. The van der Waals surface area contributed by atoms with Crippen LogP contribution in [-0.2, 0) is 14.4 Å². The van der Waals surface area contributed by atoms with Crippen molar-refractivity contribution < 1.29 is 28.7 Å². The molecule has 3 aromatic rings. The monoisotopic (exact) mass is 547 g/mol. The highest BCUT2D eigenvalue weighted by atomic mass is 35.5. The summed E-state index contributed by atoms with van der Waals surface area (Å²) in [7, 11) is 1.39. The molecule has 0 spiro atoms. The predicted octanol–water partition coefficient (Wildman–Crippen LogP) is 4.96. The van der Waals surface area contributed by atoms with E-state index in [-0.39, 0.29) is 28.7 Å². The van der Waals surface area contributed by atoms with Crippen molar-refractivity contribution in [3.05, 3.63) is 87.4 Å². The largest absolute Gasteiger partial charge is 0.493 e. The number of anilines is 2. The molecule has 1 fully saturated rings. The third kappa shape index (κ3) is 6.27. The van der Waals surface area contributed by atoms with Gasteiger partial charge in [0.15, 0.2) is 18.1 Å². The molecule has 1 saturated heterocycles. The number of barbiturate groups is 1. The van der Waals surface area contributed by atoms with Gasteiger partial charge in [0.1, 0.15) is 5.57 Å². The molecule has 10 heteroatoms. The Morgan fingerprint density at radius 1 is 0.974 bits per heavy atom. The molecule has 4 rings (SSSR count). The number of methoxy groups -OCH3 is 1. The number of aryl methyl sites for hydroxylation is 3. The zero-order valence-electron chi connectivity index (χ0n) is 21.8. The lowest BCUT2D eigenvalue weighted by Gasteiger charge is -2.27. The molecule has 0 unspecified atom stereocenters. The number of carbonyl (C=O) groups is 4. The van der Waals surface area contributed by atoms with E-state index in [4.69, 9.17) is 21.1 Å². The maximum Gasteiger partial charge on any atom is 0.335 e. The van der Waals surface area contributed by atoms with Gasteiger partial charge in [-0.25, -0.2) is 9.69 Å². The number of amides is 5. The number of carbonyl (C=O) groups excluding carboxylic acids is 4. The molecule has 0 radical (unpaired) electrons. The summed E-state index contributed by atoms with van der Waals surface area (Å²) in [5, 5.41) is 5.02. The number of nitrogens with one attached hydrogen (secondary N) is 2. The third-order valence-corrected chi connectivity index (χ3v) is 6.09. The molecule has 0 aromatic heterocycles. The van der Waals surface area contributed by atoms with E-state index in [1.54, 1.807) is 24.3 Å². The van der Waals surface area contributed by atoms with Crippen molar-refractivity contribution in [3.8, 4) is 11.5 Å². The first-order chi connectivity index (χ1) is 18.5. The molecule has 200 valence electrons. The maximum absolute atomic E-state index is 13.3. The summed E-state index contributed by atoms with van der Waals surface area (Å²) in [5.74, 6) is -1.72. The molecule has 5 amide bonds. The number of hydrogen-bond acceptors (Lipinski definition) is 6. The van der Waals surface area contributed by atoms with Crippen LogP contribution in [0, 0.1) is 20.8 Å². The van der Waals surface area contributed by atoms with Crippen molar-refractivity contribution in [1.29, 1.82) is 0 Å². The Morgan fingerprint density at radius 3 is 2.28 bits per heavy atom. The minimum absolute atomic E-state index is 0.0928. The van der Waals surface area contributed by atoms with Crippen LogP contribution in [0.2, 0.25) is 5.02 Å². The molecular formula is C29H26ClN3O6. The summed E-state index contributed by atoms with van der Waals surface area (Å²) in [5.41, 5.74) is 3.82. The maximum atomic E-state index is 13.3. The fourth-order valence-corrected chi connectivity index (χ4v) is 4.35. The summed E-state index contributed by atoms with van der Waals surface area (Å²) >= 11 is 6.43. The third-order valence-electron chi connectivity index (χ3n) is 5.81. The molecule has 0 aliphatic carbocycles. The summed E-state index contributed by atoms with van der Waals surface area (Å²) in [6, 6.07) is 14.7. The Hall–Kier alpha value is -4.63. The van der Waals surface area contributed by atoms with Crippen molar-refractivity contribution in [1.82, 2.24) is 5.32 Å². The first-order valence-electron chi connectivity index (χ1n) is 11.9. The van der Waals surface area contributed by atoms with Gasteiger partial charge in [-0.1, -0.05) is 35.4 Å². The second kappa shape index (κ2) is 11.4. The molecule has 0 saturated carbocycles. The lowest BCUT2D eigenvalue weighted by atomic mass is 10.0. The van der Waals surface area contributed by atoms with Crippen LogP contribution in [0.1, 0.15) is 22.3 Å². The van der Waals surface area contributed by atoms with Gasteiger partial charge in [0, 0.05) is 5.69 Å². The molecule has 9 nitrogen and oxygen atoms in total. The highest BCUT2D eigenvalue weighted by molar-refractivity contribution is 6.39. The number of rotatable bonds is 7. The predicted molar refractivity (Wildman–Crippen MR) is 148 cm³/mol. The van der Waals surface area contributed by atoms with Crippen LogP contribution >= 0.6 is 11.6 Å². The van der Waals surface area contributed by atoms with E-state index < -0.39 is 23.8 Å². The number of nitrogens with zero attached hydrogens (tertiary/aromatic N) is 1. The molecule has 3 aromatic carbocycles. The average Bonchev–Trinajstić information content (AvgIpc) is 2.86. The fraction of sp³-hybridized carbons (Fsp3) is 0.172. The number of benzene rings is 3. The molecule has 0 bridgehead atoms. The molecular weight excluding hydrogens is 522 g/mol. The second-order valence-corrected chi connectivity index (χ2v) is 9.45. The van der Waals surface area contributed by atoms with Crippen molar-refractivity contribution in [3.63, 3.8) is 0 Å². The van der Waals surface area contributed by atoms with Gasteiger partial charge in [0.05, 0.1) is 17.8 Å². The van der Waals surface area contributed by atoms with E-state index in [2.05, 4.69) is 10.6 Å². The van der Waals surface area contributed by atoms with Crippen LogP contribution in [0.15, 0.2) is 60.2 Å². The lowest BCUT2D eigenvalue weighted by molar-refractivity contribution is -0.122. The van der Waals surface area contributed by atoms with Gasteiger partial charge in [-0.15, -0.1) is 0 Å².